The molecule has 1 unspecified atom stereocenters. The Morgan fingerprint density at radius 2 is 1.90 bits per heavy atom. The second-order valence-corrected chi connectivity index (χ2v) is 10.9. The van der Waals surface area contributed by atoms with Crippen LogP contribution in [0.1, 0.15) is 39.5 Å². The number of Topliss-reactive ketones (excluding diaryl/α,β-unsaturated/α-hetero) is 2. The highest BCUT2D eigenvalue weighted by Crippen LogP contribution is 2.76. The molecule has 0 amide bonds. The molecule has 2 aliphatic heterocycles. The predicted octanol–water partition coefficient (Wildman–Crippen LogP) is 0.846. The lowest BCUT2D eigenvalue weighted by Gasteiger charge is -2.73. The van der Waals surface area contributed by atoms with E-state index in [0.29, 0.717) is 32.3 Å². The molecule has 9 atom stereocenters. The van der Waals surface area contributed by atoms with E-state index in [1.165, 1.54) is 0 Å². The van der Waals surface area contributed by atoms with Crippen LogP contribution in [-0.4, -0.2) is 65.2 Å². The second kappa shape index (κ2) is 6.01. The van der Waals surface area contributed by atoms with Gasteiger partial charge in [-0.15, -0.1) is 0 Å². The zero-order chi connectivity index (χ0) is 21.9. The Kier molecular flexibility index (Phi) is 4.16. The van der Waals surface area contributed by atoms with Crippen molar-refractivity contribution in [1.82, 2.24) is 0 Å². The van der Waals surface area contributed by atoms with E-state index in [2.05, 4.69) is 6.58 Å². The first-order valence-electron chi connectivity index (χ1n) is 11.0. The Hall–Kier alpha value is -1.12. The molecule has 2 heterocycles. The molecule has 30 heavy (non-hydrogen) atoms. The first kappa shape index (κ1) is 20.8. The Morgan fingerprint density at radius 1 is 1.20 bits per heavy atom. The van der Waals surface area contributed by atoms with Crippen LogP contribution < -0.4 is 0 Å². The van der Waals surface area contributed by atoms with Gasteiger partial charge in [0.2, 0.25) is 5.79 Å². The number of aliphatic hydroxyl groups is 3. The Morgan fingerprint density at radius 3 is 2.57 bits per heavy atom. The van der Waals surface area contributed by atoms with Crippen LogP contribution in [0.4, 0.5) is 0 Å². The molecule has 3 N–H and O–H groups in total. The minimum absolute atomic E-state index is 0.0231. The molecule has 7 nitrogen and oxygen atoms in total. The molecule has 0 aromatic rings. The maximum absolute atomic E-state index is 14.1. The van der Waals surface area contributed by atoms with Gasteiger partial charge in [0.05, 0.1) is 18.1 Å². The molecular formula is C23H32O7. The second-order valence-electron chi connectivity index (χ2n) is 10.9. The van der Waals surface area contributed by atoms with Gasteiger partial charge in [0.25, 0.3) is 0 Å². The van der Waals surface area contributed by atoms with Crippen LogP contribution in [0.15, 0.2) is 12.2 Å². The van der Waals surface area contributed by atoms with E-state index in [0.717, 1.165) is 0 Å². The predicted molar refractivity (Wildman–Crippen MR) is 105 cm³/mol. The van der Waals surface area contributed by atoms with E-state index in [-0.39, 0.29) is 23.9 Å². The number of ether oxygens (including phenoxy) is 2. The molecule has 6 aliphatic rings. The van der Waals surface area contributed by atoms with Crippen LogP contribution in [0.3, 0.4) is 0 Å². The van der Waals surface area contributed by atoms with Crippen LogP contribution >= 0.6 is 0 Å². The zero-order valence-corrected chi connectivity index (χ0v) is 17.9. The average Bonchev–Trinajstić information content (AvgIpc) is 2.80. The fourth-order valence-electron chi connectivity index (χ4n) is 8.48. The van der Waals surface area contributed by atoms with Gasteiger partial charge in [-0.05, 0) is 42.6 Å². The quantitative estimate of drug-likeness (QED) is 0.580. The lowest BCUT2D eigenvalue weighted by molar-refractivity contribution is -0.438. The monoisotopic (exact) mass is 420 g/mol. The largest absolute Gasteiger partial charge is 0.391 e. The molecule has 4 bridgehead atoms. The van der Waals surface area contributed by atoms with E-state index in [4.69, 9.17) is 9.47 Å². The summed E-state index contributed by atoms with van der Waals surface area (Å²) in [4.78, 5) is 27.6. The molecule has 0 radical (unpaired) electrons. The first-order valence-corrected chi connectivity index (χ1v) is 11.0. The number of ketones is 2. The normalized spacial score (nSPS) is 53.6. The Labute approximate surface area is 176 Å². The van der Waals surface area contributed by atoms with Gasteiger partial charge >= 0.3 is 0 Å². The van der Waals surface area contributed by atoms with Gasteiger partial charge in [-0.2, -0.15) is 0 Å². The van der Waals surface area contributed by atoms with E-state index < -0.39 is 57.8 Å². The minimum Gasteiger partial charge on any atom is -0.391 e. The van der Waals surface area contributed by atoms with Crippen LogP contribution in [0.2, 0.25) is 0 Å². The molecule has 2 saturated heterocycles. The Balaban J connectivity index is 1.74. The lowest BCUT2D eigenvalue weighted by Crippen LogP contribution is -2.85. The summed E-state index contributed by atoms with van der Waals surface area (Å²) in [6.45, 7) is 8.33. The number of hydrogen-bond donors (Lipinski definition) is 3. The summed E-state index contributed by atoms with van der Waals surface area (Å²) in [7, 11) is 1.60. The standard InChI is InChI=1S/C23H32O7/c1-11-13-5-6-14-21-10-30-23(28,22(14,16(11)24)18(13)26)19(27)15(21)20(2,3)9-12(17(21)25)7-8-29-4/h12-15,18-19,26-28H,1,5-10H2,2-4H3/t12-,13+,14+,15-,18-,19+,21+,22+,23?/m1/s1. The van der Waals surface area contributed by atoms with Crippen molar-refractivity contribution >= 4 is 11.6 Å². The van der Waals surface area contributed by atoms with Crippen LogP contribution in [-0.2, 0) is 19.1 Å². The number of fused-ring (bicyclic) bond motifs is 2. The number of rotatable bonds is 3. The first-order chi connectivity index (χ1) is 14.0. The summed E-state index contributed by atoms with van der Waals surface area (Å²) in [5.41, 5.74) is -3.06. The van der Waals surface area contributed by atoms with Gasteiger partial charge in [0, 0.05) is 31.5 Å². The van der Waals surface area contributed by atoms with Crippen LogP contribution in [0, 0.1) is 39.9 Å². The van der Waals surface area contributed by atoms with Gasteiger partial charge in [-0.1, -0.05) is 20.4 Å². The van der Waals surface area contributed by atoms with E-state index in [1.807, 2.05) is 13.8 Å². The summed E-state index contributed by atoms with van der Waals surface area (Å²) < 4.78 is 11.1. The summed E-state index contributed by atoms with van der Waals surface area (Å²) in [6, 6.07) is 0. The Bertz CT molecular complexity index is 835. The third-order valence-electron chi connectivity index (χ3n) is 9.41. The minimum atomic E-state index is -2.23. The average molecular weight is 421 g/mol. The number of aliphatic hydroxyl groups excluding tert-OH is 2. The summed E-state index contributed by atoms with van der Waals surface area (Å²) in [5, 5.41) is 34.5. The summed E-state index contributed by atoms with van der Waals surface area (Å²) in [5.74, 6) is -4.61. The molecule has 6 fully saturated rings. The van der Waals surface area contributed by atoms with Gasteiger partial charge in [-0.25, -0.2) is 0 Å². The molecule has 4 saturated carbocycles. The summed E-state index contributed by atoms with van der Waals surface area (Å²) in [6.07, 6.45) is -0.494. The number of methoxy groups -OCH3 is 1. The molecule has 6 rings (SSSR count). The molecule has 0 aromatic heterocycles. The van der Waals surface area contributed by atoms with Crippen molar-refractivity contribution in [2.45, 2.75) is 57.5 Å². The van der Waals surface area contributed by atoms with Crippen molar-refractivity contribution in [3.05, 3.63) is 12.2 Å². The third kappa shape index (κ3) is 1.92. The highest BCUT2D eigenvalue weighted by Gasteiger charge is 2.87. The van der Waals surface area contributed by atoms with Crippen molar-refractivity contribution < 1.29 is 34.4 Å². The van der Waals surface area contributed by atoms with Gasteiger partial charge in [0.15, 0.2) is 5.78 Å². The fourth-order valence-corrected chi connectivity index (χ4v) is 8.48. The van der Waals surface area contributed by atoms with Crippen molar-refractivity contribution in [3.63, 3.8) is 0 Å². The lowest BCUT2D eigenvalue weighted by atomic mass is 9.35. The number of hydrogen-bond acceptors (Lipinski definition) is 7. The van der Waals surface area contributed by atoms with Crippen molar-refractivity contribution in [2.24, 2.45) is 39.9 Å². The van der Waals surface area contributed by atoms with Crippen molar-refractivity contribution in [1.29, 1.82) is 0 Å². The number of carbonyl (C=O) groups excluding carboxylic acids is 2. The van der Waals surface area contributed by atoms with Gasteiger partial charge in [0.1, 0.15) is 17.3 Å². The molecular weight excluding hydrogens is 388 g/mol. The molecule has 7 heteroatoms. The molecule has 0 aromatic carbocycles. The highest BCUT2D eigenvalue weighted by atomic mass is 16.6. The third-order valence-corrected chi connectivity index (χ3v) is 9.41. The van der Waals surface area contributed by atoms with Crippen molar-refractivity contribution in [2.75, 3.05) is 20.3 Å². The van der Waals surface area contributed by atoms with E-state index in [1.54, 1.807) is 7.11 Å². The molecule has 166 valence electrons. The van der Waals surface area contributed by atoms with E-state index in [9.17, 15) is 24.9 Å². The van der Waals surface area contributed by atoms with Gasteiger partial charge < -0.3 is 24.8 Å². The smallest absolute Gasteiger partial charge is 0.208 e. The zero-order valence-electron chi connectivity index (χ0n) is 17.9. The van der Waals surface area contributed by atoms with E-state index >= 15 is 0 Å². The summed E-state index contributed by atoms with van der Waals surface area (Å²) >= 11 is 0. The fraction of sp³-hybridized carbons (Fsp3) is 0.826. The maximum atomic E-state index is 14.1. The molecule has 4 aliphatic carbocycles. The van der Waals surface area contributed by atoms with Crippen molar-refractivity contribution in [3.8, 4) is 0 Å². The topological polar surface area (TPSA) is 113 Å². The van der Waals surface area contributed by atoms with Gasteiger partial charge in [-0.3, -0.25) is 9.59 Å². The number of carbonyl (C=O) groups is 2. The SMILES string of the molecule is C=C1C(=O)[C@]23[C@H](O)[C@H]1CC[C@H]2[C@@]12COC3(O)[C@@H](O)[C@@H]1C(C)(C)C[C@@H](CCOC)C2=O. The van der Waals surface area contributed by atoms with Crippen LogP contribution in [0.25, 0.3) is 0 Å². The maximum Gasteiger partial charge on any atom is 0.208 e. The highest BCUT2D eigenvalue weighted by molar-refractivity contribution is 6.06. The molecule has 2 spiro atoms. The van der Waals surface area contributed by atoms with Crippen LogP contribution in [0.5, 0.6) is 0 Å².